The van der Waals surface area contributed by atoms with Crippen molar-refractivity contribution in [2.45, 2.75) is 23.0 Å². The first-order chi connectivity index (χ1) is 12.2. The van der Waals surface area contributed by atoms with Crippen LogP contribution in [0.2, 0.25) is 0 Å². The van der Waals surface area contributed by atoms with Gasteiger partial charge < -0.3 is 10.5 Å². The zero-order valence-electron chi connectivity index (χ0n) is 14.5. The molecular weight excluding hydrogens is 434 g/mol. The number of halogens is 1. The van der Waals surface area contributed by atoms with Gasteiger partial charge in [0.15, 0.2) is 9.84 Å². The van der Waals surface area contributed by atoms with Crippen molar-refractivity contribution in [1.82, 2.24) is 0 Å². The molecule has 1 fully saturated rings. The van der Waals surface area contributed by atoms with Gasteiger partial charge in [0.1, 0.15) is 0 Å². The minimum absolute atomic E-state index is 0.165. The van der Waals surface area contributed by atoms with Crippen molar-refractivity contribution in [2.24, 2.45) is 11.1 Å². The Labute approximate surface area is 167 Å². The molecule has 0 saturated heterocycles. The van der Waals surface area contributed by atoms with Gasteiger partial charge in [-0.15, -0.1) is 0 Å². The van der Waals surface area contributed by atoms with Crippen molar-refractivity contribution in [2.75, 3.05) is 13.7 Å². The summed E-state index contributed by atoms with van der Waals surface area (Å²) in [6, 6.07) is 14.5. The van der Waals surface area contributed by atoms with Crippen molar-refractivity contribution < 1.29 is 13.2 Å². The minimum Gasteiger partial charge on any atom is -0.393 e. The monoisotopic (exact) mass is 453 g/mol. The molecule has 0 amide bonds. The van der Waals surface area contributed by atoms with E-state index in [0.29, 0.717) is 0 Å². The second-order valence-electron chi connectivity index (χ2n) is 6.65. The highest BCUT2D eigenvalue weighted by Gasteiger charge is 2.73. The molecule has 0 radical (unpaired) electrons. The minimum atomic E-state index is -3.62. The number of rotatable bonds is 6. The molecule has 4 nitrogen and oxygen atoms in total. The largest absolute Gasteiger partial charge is 0.393 e. The number of hydrogen-bond donors (Lipinski definition) is 1. The van der Waals surface area contributed by atoms with Crippen molar-refractivity contribution in [3.8, 4) is 0 Å². The fourth-order valence-corrected chi connectivity index (χ4v) is 6.69. The molecule has 7 heteroatoms. The van der Waals surface area contributed by atoms with Crippen LogP contribution in [0.3, 0.4) is 0 Å². The Kier molecular flexibility index (Phi) is 5.27. The number of methoxy groups -OCH3 is 1. The van der Waals surface area contributed by atoms with Crippen LogP contribution in [-0.4, -0.2) is 32.4 Å². The lowest BCUT2D eigenvalue weighted by molar-refractivity contribution is 0.166. The van der Waals surface area contributed by atoms with E-state index in [4.69, 9.17) is 22.7 Å². The van der Waals surface area contributed by atoms with Crippen LogP contribution >= 0.6 is 28.1 Å². The second-order valence-corrected chi connectivity index (χ2v) is 10.1. The number of nitrogens with two attached hydrogens (primary N) is 1. The zero-order valence-corrected chi connectivity index (χ0v) is 17.7. The van der Waals surface area contributed by atoms with Crippen molar-refractivity contribution in [1.29, 1.82) is 0 Å². The van der Waals surface area contributed by atoms with Crippen LogP contribution in [0.25, 0.3) is 0 Å². The summed E-state index contributed by atoms with van der Waals surface area (Å²) in [5, 5.41) is -0.740. The fourth-order valence-electron chi connectivity index (χ4n) is 3.65. The highest BCUT2D eigenvalue weighted by atomic mass is 79.9. The summed E-state index contributed by atoms with van der Waals surface area (Å²) in [6.45, 7) is 2.08. The molecule has 1 saturated carbocycles. The number of thiocarbonyl (C=S) groups is 1. The van der Waals surface area contributed by atoms with Crippen LogP contribution in [0, 0.1) is 12.3 Å². The smallest absolute Gasteiger partial charge is 0.182 e. The molecule has 1 aliphatic rings. The molecule has 0 unspecified atom stereocenters. The molecule has 0 bridgehead atoms. The van der Waals surface area contributed by atoms with Gasteiger partial charge in [0, 0.05) is 17.5 Å². The molecule has 3 atom stereocenters. The Hall–Kier alpha value is -1.28. The molecule has 0 aliphatic heterocycles. The van der Waals surface area contributed by atoms with Crippen LogP contribution in [0.5, 0.6) is 0 Å². The van der Waals surface area contributed by atoms with E-state index in [2.05, 4.69) is 15.9 Å². The first-order valence-corrected chi connectivity index (χ1v) is 10.8. The van der Waals surface area contributed by atoms with E-state index < -0.39 is 20.5 Å². The number of sulfone groups is 1. The van der Waals surface area contributed by atoms with Gasteiger partial charge in [-0.25, -0.2) is 8.42 Å². The number of benzene rings is 2. The molecule has 3 rings (SSSR count). The van der Waals surface area contributed by atoms with Gasteiger partial charge in [-0.1, -0.05) is 58.0 Å². The van der Waals surface area contributed by atoms with Gasteiger partial charge >= 0.3 is 0 Å². The van der Waals surface area contributed by atoms with E-state index in [1.54, 1.807) is 24.3 Å². The Balaban J connectivity index is 2.11. The summed E-state index contributed by atoms with van der Waals surface area (Å²) >= 11 is 8.71. The average Bonchev–Trinajstić information content (AvgIpc) is 3.27. The predicted octanol–water partition coefficient (Wildman–Crippen LogP) is 3.62. The summed E-state index contributed by atoms with van der Waals surface area (Å²) in [7, 11) is -2.09. The molecule has 26 heavy (non-hydrogen) atoms. The quantitative estimate of drug-likeness (QED) is 0.676. The molecule has 1 aliphatic carbocycles. The number of hydrogen-bond acceptors (Lipinski definition) is 4. The molecule has 138 valence electrons. The topological polar surface area (TPSA) is 69.4 Å². The van der Waals surface area contributed by atoms with Gasteiger partial charge in [0.25, 0.3) is 0 Å². The first-order valence-electron chi connectivity index (χ1n) is 8.10. The molecule has 2 aromatic rings. The number of ether oxygens (including phenoxy) is 1. The Morgan fingerprint density at radius 1 is 1.19 bits per heavy atom. The van der Waals surface area contributed by atoms with Gasteiger partial charge in [-0.3, -0.25) is 0 Å². The lowest BCUT2D eigenvalue weighted by Crippen LogP contribution is -2.33. The maximum atomic E-state index is 13.4. The summed E-state index contributed by atoms with van der Waals surface area (Å²) in [6.07, 6.45) is 0. The van der Waals surface area contributed by atoms with Gasteiger partial charge in [-0.2, -0.15) is 0 Å². The van der Waals surface area contributed by atoms with E-state index in [1.165, 1.54) is 7.11 Å². The van der Waals surface area contributed by atoms with Gasteiger partial charge in [-0.05, 0) is 36.8 Å². The second kappa shape index (κ2) is 7.03. The molecule has 2 aromatic carbocycles. The van der Waals surface area contributed by atoms with E-state index in [1.807, 2.05) is 31.2 Å². The third-order valence-corrected chi connectivity index (χ3v) is 8.21. The van der Waals surface area contributed by atoms with E-state index in [-0.39, 0.29) is 22.4 Å². The van der Waals surface area contributed by atoms with Crippen molar-refractivity contribution >= 4 is 43.0 Å². The van der Waals surface area contributed by atoms with Crippen molar-refractivity contribution in [3.05, 3.63) is 64.1 Å². The zero-order chi connectivity index (χ0) is 19.1. The van der Waals surface area contributed by atoms with Gasteiger partial charge in [0.05, 0.1) is 27.2 Å². The third kappa shape index (κ3) is 3.11. The highest BCUT2D eigenvalue weighted by Crippen LogP contribution is 2.64. The maximum Gasteiger partial charge on any atom is 0.182 e. The van der Waals surface area contributed by atoms with Crippen LogP contribution in [-0.2, 0) is 14.6 Å². The van der Waals surface area contributed by atoms with E-state index >= 15 is 0 Å². The lowest BCUT2D eigenvalue weighted by Gasteiger charge is -2.16. The normalized spacial score (nSPS) is 25.0. The maximum absolute atomic E-state index is 13.4. The van der Waals surface area contributed by atoms with Crippen LogP contribution < -0.4 is 5.73 Å². The average molecular weight is 454 g/mol. The summed E-state index contributed by atoms with van der Waals surface area (Å²) in [5.74, 6) is -0.334. The van der Waals surface area contributed by atoms with E-state index in [9.17, 15) is 8.42 Å². The first kappa shape index (κ1) is 19.5. The Bertz CT molecular complexity index is 926. The molecule has 0 spiro atoms. The predicted molar refractivity (Wildman–Crippen MR) is 110 cm³/mol. The summed E-state index contributed by atoms with van der Waals surface area (Å²) in [5.41, 5.74) is 7.03. The third-order valence-electron chi connectivity index (χ3n) is 5.01. The van der Waals surface area contributed by atoms with Crippen LogP contribution in [0.4, 0.5) is 0 Å². The van der Waals surface area contributed by atoms with Crippen molar-refractivity contribution in [3.63, 3.8) is 0 Å². The SMILES string of the molecule is COC[C@@]1(C(N)=S)[C@@H](c2ccc(Br)cc2)[C@@H]1S(=O)(=O)c1ccc(C)cc1. The fraction of sp³-hybridized carbons (Fsp3) is 0.316. The summed E-state index contributed by atoms with van der Waals surface area (Å²) in [4.78, 5) is 0.456. The molecule has 2 N–H and O–H groups in total. The lowest BCUT2D eigenvalue weighted by atomic mass is 10.00. The van der Waals surface area contributed by atoms with Crippen LogP contribution in [0.15, 0.2) is 57.9 Å². The highest BCUT2D eigenvalue weighted by molar-refractivity contribution is 9.10. The molecule has 0 heterocycles. The Morgan fingerprint density at radius 3 is 2.27 bits per heavy atom. The standard InChI is InChI=1S/C19H20BrNO3S2/c1-12-3-9-15(10-4-12)26(22,23)17-16(13-5-7-14(20)8-6-13)19(17,11-24-2)18(21)25/h3-10,16-17H,11H2,1-2H3,(H2,21,25)/t16-,17-,19+/m0/s1. The van der Waals surface area contributed by atoms with Crippen LogP contribution in [0.1, 0.15) is 17.0 Å². The molecule has 0 aromatic heterocycles. The number of aryl methyl sites for hydroxylation is 1. The van der Waals surface area contributed by atoms with Gasteiger partial charge in [0.2, 0.25) is 0 Å². The Morgan fingerprint density at radius 2 is 1.77 bits per heavy atom. The summed E-state index contributed by atoms with van der Waals surface area (Å²) < 4.78 is 33.0. The van der Waals surface area contributed by atoms with E-state index in [0.717, 1.165) is 15.6 Å². The molecular formula is C19H20BrNO3S2.